The number of halogens is 3. The summed E-state index contributed by atoms with van der Waals surface area (Å²) in [6.45, 7) is 2.42. The lowest BCUT2D eigenvalue weighted by Gasteiger charge is -2.25. The molecule has 2 N–H and O–H groups in total. The van der Waals surface area contributed by atoms with E-state index >= 15 is 4.39 Å². The first-order chi connectivity index (χ1) is 13.5. The second kappa shape index (κ2) is 7.43. The van der Waals surface area contributed by atoms with Crippen molar-refractivity contribution in [1.82, 2.24) is 9.88 Å². The standard InChI is InChI=1S/C19H19ClFN3O4.ClH/c20-15-16-10(18(25)11(19(26)27)6-24(16)9-1-2-9)5-12(21)17(15)23-7-13-14(8-23)28-4-3-22-13;/h5-6,9,13-14,22H,1-4,7-8H2,(H,26,27);1H/t13-,14+;/m0./s1. The van der Waals surface area contributed by atoms with Crippen molar-refractivity contribution in [3.8, 4) is 0 Å². The topological polar surface area (TPSA) is 83.8 Å². The molecule has 3 fully saturated rings. The van der Waals surface area contributed by atoms with Crippen LogP contribution in [0.2, 0.25) is 5.02 Å². The molecule has 10 heteroatoms. The molecule has 7 nitrogen and oxygen atoms in total. The second-order valence-corrected chi connectivity index (χ2v) is 7.99. The van der Waals surface area contributed by atoms with Crippen LogP contribution in [0, 0.1) is 5.82 Å². The third-order valence-electron chi connectivity index (χ3n) is 5.78. The maximum Gasteiger partial charge on any atom is 0.341 e. The summed E-state index contributed by atoms with van der Waals surface area (Å²) in [6, 6.07) is 1.29. The number of hydrogen-bond acceptors (Lipinski definition) is 5. The lowest BCUT2D eigenvalue weighted by atomic mass is 10.1. The lowest BCUT2D eigenvalue weighted by molar-refractivity contribution is 0.0212. The highest BCUT2D eigenvalue weighted by atomic mass is 35.5. The molecule has 0 radical (unpaired) electrons. The van der Waals surface area contributed by atoms with Gasteiger partial charge in [0.25, 0.3) is 0 Å². The fraction of sp³-hybridized carbons (Fsp3) is 0.474. The average Bonchev–Trinajstić information content (AvgIpc) is 3.41. The van der Waals surface area contributed by atoms with Crippen LogP contribution in [0.1, 0.15) is 29.2 Å². The predicted molar refractivity (Wildman–Crippen MR) is 109 cm³/mol. The Labute approximate surface area is 176 Å². The first-order valence-corrected chi connectivity index (χ1v) is 9.73. The molecule has 3 aliphatic rings. The summed E-state index contributed by atoms with van der Waals surface area (Å²) >= 11 is 6.66. The molecular weight excluding hydrogens is 424 g/mol. The molecule has 2 aromatic rings. The lowest BCUT2D eigenvalue weighted by Crippen LogP contribution is -2.47. The van der Waals surface area contributed by atoms with Gasteiger partial charge in [0.1, 0.15) is 11.4 Å². The van der Waals surface area contributed by atoms with Gasteiger partial charge in [-0.05, 0) is 18.9 Å². The Bertz CT molecular complexity index is 1040. The number of nitrogens with zero attached hydrogens (tertiary/aromatic N) is 2. The molecule has 3 heterocycles. The van der Waals surface area contributed by atoms with E-state index in [2.05, 4.69) is 5.32 Å². The van der Waals surface area contributed by atoms with Crippen LogP contribution in [-0.2, 0) is 4.74 Å². The van der Waals surface area contributed by atoms with E-state index in [4.69, 9.17) is 16.3 Å². The highest BCUT2D eigenvalue weighted by Crippen LogP contribution is 2.42. The summed E-state index contributed by atoms with van der Waals surface area (Å²) in [5.74, 6) is -1.95. The molecule has 1 aliphatic carbocycles. The van der Waals surface area contributed by atoms with Crippen LogP contribution < -0.4 is 15.6 Å². The Balaban J connectivity index is 0.00000205. The number of nitrogens with one attached hydrogen (secondary N) is 1. The number of pyridine rings is 1. The van der Waals surface area contributed by atoms with Crippen molar-refractivity contribution in [3.05, 3.63) is 38.9 Å². The number of aromatic carboxylic acids is 1. The van der Waals surface area contributed by atoms with Gasteiger partial charge in [0.15, 0.2) is 0 Å². The molecule has 1 aromatic carbocycles. The van der Waals surface area contributed by atoms with Crippen molar-refractivity contribution in [1.29, 1.82) is 0 Å². The van der Waals surface area contributed by atoms with E-state index in [1.165, 1.54) is 6.20 Å². The van der Waals surface area contributed by atoms with Crippen molar-refractivity contribution in [2.75, 3.05) is 31.1 Å². The summed E-state index contributed by atoms with van der Waals surface area (Å²) in [5.41, 5.74) is -0.440. The largest absolute Gasteiger partial charge is 0.477 e. The molecule has 1 saturated carbocycles. The van der Waals surface area contributed by atoms with Crippen molar-refractivity contribution in [2.24, 2.45) is 0 Å². The Morgan fingerprint density at radius 2 is 2.10 bits per heavy atom. The number of carbonyl (C=O) groups is 1. The number of hydrogen-bond donors (Lipinski definition) is 2. The molecule has 0 bridgehead atoms. The zero-order chi connectivity index (χ0) is 19.6. The van der Waals surface area contributed by atoms with E-state index in [-0.39, 0.29) is 52.3 Å². The van der Waals surface area contributed by atoms with E-state index < -0.39 is 17.2 Å². The van der Waals surface area contributed by atoms with Crippen molar-refractivity contribution >= 4 is 46.6 Å². The third kappa shape index (κ3) is 3.28. The zero-order valence-corrected chi connectivity index (χ0v) is 16.9. The summed E-state index contributed by atoms with van der Waals surface area (Å²) in [7, 11) is 0. The number of rotatable bonds is 3. The number of morpholine rings is 1. The molecule has 0 spiro atoms. The first-order valence-electron chi connectivity index (χ1n) is 9.35. The Hall–Kier alpha value is -1.87. The van der Waals surface area contributed by atoms with Crippen LogP contribution in [0.15, 0.2) is 17.1 Å². The van der Waals surface area contributed by atoms with Crippen LogP contribution in [0.5, 0.6) is 0 Å². The van der Waals surface area contributed by atoms with Gasteiger partial charge in [-0.2, -0.15) is 0 Å². The average molecular weight is 444 g/mol. The number of carboxylic acids is 1. The van der Waals surface area contributed by atoms with E-state index in [1.54, 1.807) is 4.57 Å². The fourth-order valence-corrected chi connectivity index (χ4v) is 4.70. The van der Waals surface area contributed by atoms with Gasteiger partial charge in [-0.3, -0.25) is 4.79 Å². The van der Waals surface area contributed by atoms with Gasteiger partial charge in [0.2, 0.25) is 5.43 Å². The molecule has 0 amide bonds. The van der Waals surface area contributed by atoms with Gasteiger partial charge in [-0.25, -0.2) is 9.18 Å². The minimum atomic E-state index is -1.33. The van der Waals surface area contributed by atoms with Gasteiger partial charge in [-0.15, -0.1) is 12.4 Å². The van der Waals surface area contributed by atoms with Gasteiger partial charge in [-0.1, -0.05) is 11.6 Å². The summed E-state index contributed by atoms with van der Waals surface area (Å²) in [5, 5.41) is 12.9. The summed E-state index contributed by atoms with van der Waals surface area (Å²) in [6.07, 6.45) is 3.03. The SMILES string of the molecule is Cl.O=C(O)c1cn(C2CC2)c2c(Cl)c(N3C[C@@H]4NCCO[C@@H]4C3)c(F)cc2c1=O. The molecule has 2 saturated heterocycles. The summed E-state index contributed by atoms with van der Waals surface area (Å²) in [4.78, 5) is 26.0. The van der Waals surface area contributed by atoms with Crippen LogP contribution in [-0.4, -0.2) is 54.0 Å². The van der Waals surface area contributed by atoms with E-state index in [1.807, 2.05) is 4.90 Å². The fourth-order valence-electron chi connectivity index (χ4n) is 4.29. The maximum absolute atomic E-state index is 15.1. The minimum absolute atomic E-state index is 0. The maximum atomic E-state index is 15.1. The third-order valence-corrected chi connectivity index (χ3v) is 6.14. The van der Waals surface area contributed by atoms with Crippen molar-refractivity contribution in [2.45, 2.75) is 31.0 Å². The van der Waals surface area contributed by atoms with Gasteiger partial charge >= 0.3 is 5.97 Å². The van der Waals surface area contributed by atoms with Gasteiger partial charge in [0, 0.05) is 31.9 Å². The quantitative estimate of drug-likeness (QED) is 0.757. The molecule has 0 unspecified atom stereocenters. The number of aromatic nitrogens is 1. The number of anilines is 1. The Morgan fingerprint density at radius 3 is 2.76 bits per heavy atom. The van der Waals surface area contributed by atoms with Crippen LogP contribution in [0.3, 0.4) is 0 Å². The minimum Gasteiger partial charge on any atom is -0.477 e. The van der Waals surface area contributed by atoms with Crippen molar-refractivity contribution in [3.63, 3.8) is 0 Å². The molecule has 2 aliphatic heterocycles. The molecule has 156 valence electrons. The number of carboxylic acid groups (broad SMARTS) is 1. The Morgan fingerprint density at radius 1 is 1.34 bits per heavy atom. The van der Waals surface area contributed by atoms with E-state index in [9.17, 15) is 14.7 Å². The highest BCUT2D eigenvalue weighted by molar-refractivity contribution is 6.38. The van der Waals surface area contributed by atoms with Crippen LogP contribution >= 0.6 is 24.0 Å². The van der Waals surface area contributed by atoms with Crippen molar-refractivity contribution < 1.29 is 19.0 Å². The predicted octanol–water partition coefficient (Wildman–Crippen LogP) is 2.43. The van der Waals surface area contributed by atoms with Gasteiger partial charge in [0.05, 0.1) is 40.4 Å². The number of fused-ring (bicyclic) bond motifs is 2. The zero-order valence-electron chi connectivity index (χ0n) is 15.4. The smallest absolute Gasteiger partial charge is 0.341 e. The molecular formula is C19H20Cl2FN3O4. The van der Waals surface area contributed by atoms with E-state index in [0.29, 0.717) is 25.2 Å². The second-order valence-electron chi connectivity index (χ2n) is 7.61. The highest BCUT2D eigenvalue weighted by Gasteiger charge is 2.38. The van der Waals surface area contributed by atoms with Crippen LogP contribution in [0.25, 0.3) is 10.9 Å². The summed E-state index contributed by atoms with van der Waals surface area (Å²) < 4.78 is 22.6. The van der Waals surface area contributed by atoms with E-state index in [0.717, 1.165) is 25.5 Å². The first kappa shape index (κ1) is 20.4. The van der Waals surface area contributed by atoms with Crippen LogP contribution in [0.4, 0.5) is 10.1 Å². The normalized spacial score (nSPS) is 23.7. The molecule has 29 heavy (non-hydrogen) atoms. The number of ether oxygens (including phenoxy) is 1. The number of benzene rings is 1. The molecule has 2 atom stereocenters. The monoisotopic (exact) mass is 443 g/mol. The Kier molecular flexibility index (Phi) is 5.23. The molecule has 1 aromatic heterocycles. The molecule has 5 rings (SSSR count). The van der Waals surface area contributed by atoms with Gasteiger partial charge < -0.3 is 24.6 Å².